The number of amides is 1. The van der Waals surface area contributed by atoms with Gasteiger partial charge in [-0.2, -0.15) is 0 Å². The average Bonchev–Trinajstić information content (AvgIpc) is 2.64. The van der Waals surface area contributed by atoms with Gasteiger partial charge in [0.05, 0.1) is 5.56 Å². The van der Waals surface area contributed by atoms with Crippen LogP contribution in [0.4, 0.5) is 5.69 Å². The number of likely N-dealkylation sites (tertiary alicyclic amines) is 1. The molecule has 0 bridgehead atoms. The fourth-order valence-electron chi connectivity index (χ4n) is 2.75. The Morgan fingerprint density at radius 2 is 2.21 bits per heavy atom. The number of aromatic nitrogens is 1. The number of nitrogens with two attached hydrogens (primary N) is 1. The van der Waals surface area contributed by atoms with Gasteiger partial charge in [-0.25, -0.2) is 0 Å². The van der Waals surface area contributed by atoms with Gasteiger partial charge in [0, 0.05) is 31.2 Å². The van der Waals surface area contributed by atoms with E-state index in [1.165, 1.54) is 6.42 Å². The first kappa shape index (κ1) is 13.8. The van der Waals surface area contributed by atoms with E-state index in [-0.39, 0.29) is 5.91 Å². The highest BCUT2D eigenvalue weighted by Gasteiger charge is 2.24. The van der Waals surface area contributed by atoms with Crippen LogP contribution >= 0.6 is 0 Å². The van der Waals surface area contributed by atoms with Gasteiger partial charge in [0.1, 0.15) is 0 Å². The van der Waals surface area contributed by atoms with Crippen LogP contribution in [0.25, 0.3) is 0 Å². The van der Waals surface area contributed by atoms with E-state index in [4.69, 9.17) is 5.73 Å². The van der Waals surface area contributed by atoms with Gasteiger partial charge in [-0.1, -0.05) is 13.8 Å². The van der Waals surface area contributed by atoms with E-state index < -0.39 is 0 Å². The molecule has 0 spiro atoms. The smallest absolute Gasteiger partial charge is 0.257 e. The minimum absolute atomic E-state index is 0.0232. The Labute approximate surface area is 115 Å². The second-order valence-corrected chi connectivity index (χ2v) is 5.69. The fourth-order valence-corrected chi connectivity index (χ4v) is 2.75. The summed E-state index contributed by atoms with van der Waals surface area (Å²) >= 11 is 0. The maximum atomic E-state index is 12.5. The third-order valence-electron chi connectivity index (χ3n) is 4.09. The molecule has 0 aliphatic carbocycles. The lowest BCUT2D eigenvalue weighted by molar-refractivity contribution is 0.0759. The first-order chi connectivity index (χ1) is 9.09. The normalized spacial score (nSPS) is 20.4. The van der Waals surface area contributed by atoms with Crippen LogP contribution in [0.3, 0.4) is 0 Å². The summed E-state index contributed by atoms with van der Waals surface area (Å²) in [4.78, 5) is 18.4. The van der Waals surface area contributed by atoms with Gasteiger partial charge in [-0.05, 0) is 37.2 Å². The summed E-state index contributed by atoms with van der Waals surface area (Å²) in [6.07, 6.45) is 6.56. The van der Waals surface area contributed by atoms with Crippen molar-refractivity contribution in [2.24, 2.45) is 11.8 Å². The van der Waals surface area contributed by atoms with Crippen molar-refractivity contribution < 1.29 is 4.79 Å². The summed E-state index contributed by atoms with van der Waals surface area (Å²) in [6, 6.07) is 1.68. The predicted molar refractivity (Wildman–Crippen MR) is 76.7 cm³/mol. The number of nitrogen functional groups attached to an aromatic ring is 1. The van der Waals surface area contributed by atoms with Gasteiger partial charge < -0.3 is 10.6 Å². The number of hydrogen-bond donors (Lipinski definition) is 1. The largest absolute Gasteiger partial charge is 0.398 e. The average molecular weight is 261 g/mol. The summed E-state index contributed by atoms with van der Waals surface area (Å²) in [5.41, 5.74) is 6.91. The Hall–Kier alpha value is -1.58. The van der Waals surface area contributed by atoms with Crippen LogP contribution in [-0.2, 0) is 0 Å². The van der Waals surface area contributed by atoms with Crippen molar-refractivity contribution in [3.8, 4) is 0 Å². The van der Waals surface area contributed by atoms with E-state index in [2.05, 4.69) is 18.8 Å². The summed E-state index contributed by atoms with van der Waals surface area (Å²) in [6.45, 7) is 6.19. The number of hydrogen-bond acceptors (Lipinski definition) is 3. The SMILES string of the molecule is CC(C)C1CCCN(C(=O)c2cnccc2N)CC1. The predicted octanol–water partition coefficient (Wildman–Crippen LogP) is 2.56. The first-order valence-electron chi connectivity index (χ1n) is 7.08. The fraction of sp³-hybridized carbons (Fsp3) is 0.600. The van der Waals surface area contributed by atoms with Crippen LogP contribution < -0.4 is 5.73 Å². The standard InChI is InChI=1S/C15H23N3O/c1-11(2)12-4-3-8-18(9-6-12)15(19)13-10-17-7-5-14(13)16/h5,7,10-12H,3-4,6,8-9H2,1-2H3,(H2,16,17). The zero-order chi connectivity index (χ0) is 13.8. The summed E-state index contributed by atoms with van der Waals surface area (Å²) in [5, 5.41) is 0. The molecule has 0 radical (unpaired) electrons. The number of carbonyl (C=O) groups excluding carboxylic acids is 1. The van der Waals surface area contributed by atoms with Crippen LogP contribution in [0, 0.1) is 11.8 Å². The topological polar surface area (TPSA) is 59.2 Å². The Balaban J connectivity index is 2.06. The maximum absolute atomic E-state index is 12.5. The lowest BCUT2D eigenvalue weighted by Gasteiger charge is -2.22. The molecule has 2 N–H and O–H groups in total. The lowest BCUT2D eigenvalue weighted by atomic mass is 9.89. The molecule has 4 nitrogen and oxygen atoms in total. The molecule has 104 valence electrons. The summed E-state index contributed by atoms with van der Waals surface area (Å²) < 4.78 is 0. The molecule has 1 aliphatic heterocycles. The number of anilines is 1. The van der Waals surface area contributed by atoms with E-state index in [1.54, 1.807) is 18.5 Å². The van der Waals surface area contributed by atoms with Crippen LogP contribution in [0.5, 0.6) is 0 Å². The zero-order valence-electron chi connectivity index (χ0n) is 11.8. The molecule has 2 rings (SSSR count). The molecular formula is C15H23N3O. The molecule has 1 unspecified atom stereocenters. The Kier molecular flexibility index (Phi) is 4.40. The molecule has 1 aliphatic rings. The van der Waals surface area contributed by atoms with Crippen LogP contribution in [0.15, 0.2) is 18.5 Å². The van der Waals surface area contributed by atoms with Gasteiger partial charge in [0.25, 0.3) is 5.91 Å². The monoisotopic (exact) mass is 261 g/mol. The minimum Gasteiger partial charge on any atom is -0.398 e. The van der Waals surface area contributed by atoms with Gasteiger partial charge in [0.2, 0.25) is 0 Å². The first-order valence-corrected chi connectivity index (χ1v) is 7.08. The van der Waals surface area contributed by atoms with E-state index in [0.29, 0.717) is 17.2 Å². The minimum atomic E-state index is 0.0232. The molecule has 0 saturated carbocycles. The molecule has 1 atom stereocenters. The number of rotatable bonds is 2. The lowest BCUT2D eigenvalue weighted by Crippen LogP contribution is -2.32. The quantitative estimate of drug-likeness (QED) is 0.890. The van der Waals surface area contributed by atoms with Crippen molar-refractivity contribution in [3.05, 3.63) is 24.0 Å². The molecule has 1 aromatic heterocycles. The van der Waals surface area contributed by atoms with Crippen LogP contribution in [-0.4, -0.2) is 28.9 Å². The van der Waals surface area contributed by atoms with Crippen LogP contribution in [0.2, 0.25) is 0 Å². The van der Waals surface area contributed by atoms with E-state index in [0.717, 1.165) is 31.8 Å². The molecule has 1 fully saturated rings. The van der Waals surface area contributed by atoms with E-state index in [9.17, 15) is 4.79 Å². The van der Waals surface area contributed by atoms with Crippen LogP contribution in [0.1, 0.15) is 43.5 Å². The molecule has 0 aromatic carbocycles. The second-order valence-electron chi connectivity index (χ2n) is 5.69. The van der Waals surface area contributed by atoms with Crippen molar-refractivity contribution >= 4 is 11.6 Å². The molecular weight excluding hydrogens is 238 g/mol. The third-order valence-corrected chi connectivity index (χ3v) is 4.09. The molecule has 1 amide bonds. The Morgan fingerprint density at radius 3 is 2.89 bits per heavy atom. The van der Waals surface area contributed by atoms with Gasteiger partial charge in [-0.15, -0.1) is 0 Å². The summed E-state index contributed by atoms with van der Waals surface area (Å²) in [7, 11) is 0. The highest BCUT2D eigenvalue weighted by molar-refractivity contribution is 5.98. The number of carbonyl (C=O) groups is 1. The zero-order valence-corrected chi connectivity index (χ0v) is 11.8. The second kappa shape index (κ2) is 6.04. The van der Waals surface area contributed by atoms with E-state index >= 15 is 0 Å². The van der Waals surface area contributed by atoms with E-state index in [1.807, 2.05) is 4.90 Å². The third kappa shape index (κ3) is 3.25. The van der Waals surface area contributed by atoms with Gasteiger partial charge in [-0.3, -0.25) is 9.78 Å². The molecule has 2 heterocycles. The van der Waals surface area contributed by atoms with Crippen molar-refractivity contribution in [2.45, 2.75) is 33.1 Å². The highest BCUT2D eigenvalue weighted by atomic mass is 16.2. The summed E-state index contributed by atoms with van der Waals surface area (Å²) in [5.74, 6) is 1.44. The maximum Gasteiger partial charge on any atom is 0.257 e. The molecule has 4 heteroatoms. The Morgan fingerprint density at radius 1 is 1.42 bits per heavy atom. The van der Waals surface area contributed by atoms with Gasteiger partial charge >= 0.3 is 0 Å². The van der Waals surface area contributed by atoms with Crippen molar-refractivity contribution in [1.82, 2.24) is 9.88 Å². The number of pyridine rings is 1. The van der Waals surface area contributed by atoms with Crippen molar-refractivity contribution in [1.29, 1.82) is 0 Å². The molecule has 19 heavy (non-hydrogen) atoms. The van der Waals surface area contributed by atoms with Crippen molar-refractivity contribution in [2.75, 3.05) is 18.8 Å². The van der Waals surface area contributed by atoms with Gasteiger partial charge in [0.15, 0.2) is 0 Å². The molecule has 1 saturated heterocycles. The number of nitrogens with zero attached hydrogens (tertiary/aromatic N) is 2. The Bertz CT molecular complexity index is 445. The van der Waals surface area contributed by atoms with Crippen molar-refractivity contribution in [3.63, 3.8) is 0 Å². The molecule has 1 aromatic rings. The highest BCUT2D eigenvalue weighted by Crippen LogP contribution is 2.25.